The Hall–Kier alpha value is -3.74. The lowest BCUT2D eigenvalue weighted by Gasteiger charge is -2.17. The quantitative estimate of drug-likeness (QED) is 0.482. The summed E-state index contributed by atoms with van der Waals surface area (Å²) in [5, 5.41) is 3.51. The molecule has 0 aliphatic carbocycles. The Bertz CT molecular complexity index is 1280. The summed E-state index contributed by atoms with van der Waals surface area (Å²) in [6.45, 7) is 1.03. The van der Waals surface area contributed by atoms with Crippen LogP contribution in [0.3, 0.4) is 0 Å². The molecule has 1 unspecified atom stereocenters. The zero-order valence-corrected chi connectivity index (χ0v) is 18.5. The number of nitrogens with two attached hydrogens (primary N) is 1. The Labute approximate surface area is 193 Å². The van der Waals surface area contributed by atoms with Crippen molar-refractivity contribution in [1.82, 2.24) is 14.9 Å². The van der Waals surface area contributed by atoms with Crippen LogP contribution in [0.15, 0.2) is 79.1 Å². The number of nitrogens with one attached hydrogen (secondary N) is 1. The Morgan fingerprint density at radius 3 is 2.55 bits per heavy atom. The molecule has 166 valence electrons. The number of Topliss-reactive ketones (excluding diaryl/α,β-unsaturated/α-hetero) is 1. The Balaban J connectivity index is 1.39. The van der Waals surface area contributed by atoms with Crippen LogP contribution in [0.4, 0.5) is 0 Å². The van der Waals surface area contributed by atoms with Crippen molar-refractivity contribution in [1.29, 1.82) is 0 Å². The number of methoxy groups -OCH3 is 1. The third-order valence-electron chi connectivity index (χ3n) is 6.22. The fourth-order valence-corrected chi connectivity index (χ4v) is 4.43. The van der Waals surface area contributed by atoms with Crippen LogP contribution in [-0.2, 0) is 13.1 Å². The molecule has 0 saturated heterocycles. The number of rotatable bonds is 5. The summed E-state index contributed by atoms with van der Waals surface area (Å²) >= 11 is 0. The maximum atomic E-state index is 13.3. The number of nitrogens with zero attached hydrogens (tertiary/aromatic N) is 2. The minimum atomic E-state index is -0.0742. The van der Waals surface area contributed by atoms with Crippen LogP contribution in [0.5, 0.6) is 5.75 Å². The van der Waals surface area contributed by atoms with Gasteiger partial charge < -0.3 is 15.8 Å². The predicted molar refractivity (Wildman–Crippen MR) is 128 cm³/mol. The monoisotopic (exact) mass is 438 g/mol. The summed E-state index contributed by atoms with van der Waals surface area (Å²) in [7, 11) is 1.64. The summed E-state index contributed by atoms with van der Waals surface area (Å²) in [5.74, 6) is 0.849. The van der Waals surface area contributed by atoms with Gasteiger partial charge in [-0.25, -0.2) is 4.98 Å². The summed E-state index contributed by atoms with van der Waals surface area (Å²) < 4.78 is 7.11. The highest BCUT2D eigenvalue weighted by Gasteiger charge is 2.27. The molecule has 1 atom stereocenters. The fourth-order valence-electron chi connectivity index (χ4n) is 4.43. The van der Waals surface area contributed by atoms with Gasteiger partial charge in [0.05, 0.1) is 12.8 Å². The highest BCUT2D eigenvalue weighted by atomic mass is 16.5. The number of ketones is 1. The molecule has 1 aliphatic heterocycles. The number of hydrogen-bond acceptors (Lipinski definition) is 5. The van der Waals surface area contributed by atoms with Gasteiger partial charge in [-0.15, -0.1) is 0 Å². The van der Waals surface area contributed by atoms with Crippen LogP contribution in [0.25, 0.3) is 16.8 Å². The average molecular weight is 439 g/mol. The zero-order valence-electron chi connectivity index (χ0n) is 18.5. The molecular weight excluding hydrogens is 412 g/mol. The highest BCUT2D eigenvalue weighted by molar-refractivity contribution is 5.97. The molecule has 3 N–H and O–H groups in total. The summed E-state index contributed by atoms with van der Waals surface area (Å²) in [5.41, 5.74) is 12.7. The summed E-state index contributed by atoms with van der Waals surface area (Å²) in [4.78, 5) is 17.8. The Kier molecular flexibility index (Phi) is 5.77. The number of imidazole rings is 1. The van der Waals surface area contributed by atoms with Gasteiger partial charge in [0.25, 0.3) is 0 Å². The summed E-state index contributed by atoms with van der Waals surface area (Å²) in [6, 6.07) is 24.1. The van der Waals surface area contributed by atoms with Crippen LogP contribution < -0.4 is 15.8 Å². The van der Waals surface area contributed by atoms with E-state index in [9.17, 15) is 4.79 Å². The van der Waals surface area contributed by atoms with Gasteiger partial charge in [0.1, 0.15) is 17.8 Å². The van der Waals surface area contributed by atoms with E-state index in [1.54, 1.807) is 13.4 Å². The number of fused-ring (bicyclic) bond motifs is 1. The van der Waals surface area contributed by atoms with Crippen LogP contribution in [0.1, 0.15) is 39.8 Å². The van der Waals surface area contributed by atoms with E-state index in [1.807, 2.05) is 41.0 Å². The average Bonchev–Trinajstić information content (AvgIpc) is 3.23. The van der Waals surface area contributed by atoms with Gasteiger partial charge in [-0.2, -0.15) is 0 Å². The van der Waals surface area contributed by atoms with Crippen LogP contribution in [-0.4, -0.2) is 22.4 Å². The minimum absolute atomic E-state index is 0.0742. The lowest BCUT2D eigenvalue weighted by molar-refractivity contribution is 0.0966. The molecule has 1 aromatic heterocycles. The molecule has 0 spiro atoms. The lowest BCUT2D eigenvalue weighted by Crippen LogP contribution is -2.20. The normalized spacial score (nSPS) is 15.7. The molecule has 0 fully saturated rings. The molecule has 0 bridgehead atoms. The van der Waals surface area contributed by atoms with E-state index in [1.165, 1.54) is 0 Å². The lowest BCUT2D eigenvalue weighted by atomic mass is 9.95. The smallest absolute Gasteiger partial charge is 0.183 e. The number of benzene rings is 3. The fraction of sp³-hybridized carbons (Fsp3) is 0.185. The molecule has 1 aliphatic rings. The van der Waals surface area contributed by atoms with Crippen LogP contribution >= 0.6 is 0 Å². The van der Waals surface area contributed by atoms with Gasteiger partial charge in [0, 0.05) is 31.2 Å². The molecule has 0 saturated carbocycles. The van der Waals surface area contributed by atoms with Gasteiger partial charge >= 0.3 is 0 Å². The van der Waals surface area contributed by atoms with Crippen molar-refractivity contribution in [3.63, 3.8) is 0 Å². The molecule has 4 aromatic rings. The second kappa shape index (κ2) is 9.02. The number of hydrogen-bond donors (Lipinski definition) is 2. The van der Waals surface area contributed by atoms with E-state index in [4.69, 9.17) is 10.5 Å². The Morgan fingerprint density at radius 1 is 1.06 bits per heavy atom. The van der Waals surface area contributed by atoms with Crippen molar-refractivity contribution in [2.75, 3.05) is 7.11 Å². The molecule has 2 heterocycles. The van der Waals surface area contributed by atoms with Crippen molar-refractivity contribution in [3.05, 3.63) is 102 Å². The second-order valence-corrected chi connectivity index (χ2v) is 8.15. The Morgan fingerprint density at radius 2 is 1.82 bits per heavy atom. The third-order valence-corrected chi connectivity index (χ3v) is 6.22. The number of aromatic nitrogens is 2. The van der Waals surface area contributed by atoms with E-state index in [0.29, 0.717) is 25.2 Å². The van der Waals surface area contributed by atoms with Gasteiger partial charge in [-0.3, -0.25) is 9.36 Å². The molecule has 5 rings (SSSR count). The molecule has 0 amide bonds. The minimum Gasteiger partial charge on any atom is -0.497 e. The van der Waals surface area contributed by atoms with Gasteiger partial charge in [-0.05, 0) is 46.5 Å². The number of ether oxygens (including phenoxy) is 1. The van der Waals surface area contributed by atoms with Gasteiger partial charge in [0.15, 0.2) is 5.78 Å². The third kappa shape index (κ3) is 4.06. The van der Waals surface area contributed by atoms with Crippen molar-refractivity contribution >= 4 is 5.78 Å². The topological polar surface area (TPSA) is 82.2 Å². The number of carbonyl (C=O) groups is 1. The largest absolute Gasteiger partial charge is 0.497 e. The van der Waals surface area contributed by atoms with E-state index in [-0.39, 0.29) is 11.8 Å². The van der Waals surface area contributed by atoms with Crippen LogP contribution in [0, 0.1) is 0 Å². The SMILES string of the molecule is COc1ccc(-n2cnc3c2C(=O)CC(c2ccc(-c4ccccc4CN)cc2)NC3)cc1. The van der Waals surface area contributed by atoms with E-state index < -0.39 is 0 Å². The van der Waals surface area contributed by atoms with Gasteiger partial charge in [0.2, 0.25) is 0 Å². The molecule has 6 nitrogen and oxygen atoms in total. The second-order valence-electron chi connectivity index (χ2n) is 8.15. The molecule has 0 radical (unpaired) electrons. The molecule has 6 heteroatoms. The predicted octanol–water partition coefficient (Wildman–Crippen LogP) is 4.42. The highest BCUT2D eigenvalue weighted by Crippen LogP contribution is 2.29. The van der Waals surface area contributed by atoms with Crippen molar-refractivity contribution < 1.29 is 9.53 Å². The first kappa shape index (κ1) is 21.1. The van der Waals surface area contributed by atoms with Crippen molar-refractivity contribution in [2.45, 2.75) is 25.6 Å². The van der Waals surface area contributed by atoms with E-state index >= 15 is 0 Å². The first-order chi connectivity index (χ1) is 16.2. The molecule has 3 aromatic carbocycles. The van der Waals surface area contributed by atoms with Crippen molar-refractivity contribution in [2.24, 2.45) is 5.73 Å². The first-order valence-corrected chi connectivity index (χ1v) is 11.0. The number of carbonyl (C=O) groups excluding carboxylic acids is 1. The zero-order chi connectivity index (χ0) is 22.8. The van der Waals surface area contributed by atoms with Crippen LogP contribution in [0.2, 0.25) is 0 Å². The maximum absolute atomic E-state index is 13.3. The van der Waals surface area contributed by atoms with Gasteiger partial charge in [-0.1, -0.05) is 48.5 Å². The standard InChI is InChI=1S/C27H26N4O2/c1-33-22-12-10-21(11-13-22)31-17-30-25-16-29-24(14-26(32)27(25)31)19-8-6-18(7-9-19)23-5-3-2-4-20(23)15-28/h2-13,17,24,29H,14-16,28H2,1H3. The summed E-state index contributed by atoms with van der Waals surface area (Å²) in [6.07, 6.45) is 2.09. The maximum Gasteiger partial charge on any atom is 0.183 e. The molecule has 33 heavy (non-hydrogen) atoms. The van der Waals surface area contributed by atoms with E-state index in [0.717, 1.165) is 39.4 Å². The van der Waals surface area contributed by atoms with Crippen molar-refractivity contribution in [3.8, 4) is 22.6 Å². The van der Waals surface area contributed by atoms with E-state index in [2.05, 4.69) is 46.7 Å². The first-order valence-electron chi connectivity index (χ1n) is 11.0. The molecular formula is C27H26N4O2.